The van der Waals surface area contributed by atoms with Crippen LogP contribution in [0.2, 0.25) is 5.02 Å². The standard InChI is InChI=1S/C17H23ClN4OS.HI/c1-12-16(24-13(2)21-12)11-20-17(19-3)22(4)9-10-23-15-7-5-14(18)6-8-15;/h5-8H,9-11H2,1-4H3,(H,19,20);1H. The van der Waals surface area contributed by atoms with Gasteiger partial charge < -0.3 is 15.0 Å². The van der Waals surface area contributed by atoms with Gasteiger partial charge in [0, 0.05) is 24.0 Å². The number of hydrogen-bond acceptors (Lipinski definition) is 4. The van der Waals surface area contributed by atoms with Crippen molar-refractivity contribution in [3.8, 4) is 5.75 Å². The van der Waals surface area contributed by atoms with E-state index >= 15 is 0 Å². The van der Waals surface area contributed by atoms with Crippen LogP contribution in [0.25, 0.3) is 0 Å². The average Bonchev–Trinajstić information content (AvgIpc) is 2.87. The number of rotatable bonds is 6. The van der Waals surface area contributed by atoms with Gasteiger partial charge in [0.2, 0.25) is 0 Å². The molecule has 0 unspecified atom stereocenters. The molecule has 0 spiro atoms. The van der Waals surface area contributed by atoms with Crippen LogP contribution in [0.3, 0.4) is 0 Å². The SMILES string of the molecule is CN=C(NCc1sc(C)nc1C)N(C)CCOc1ccc(Cl)cc1.I. The number of benzene rings is 1. The highest BCUT2D eigenvalue weighted by atomic mass is 127. The maximum Gasteiger partial charge on any atom is 0.193 e. The minimum absolute atomic E-state index is 0. The van der Waals surface area contributed by atoms with Crippen molar-refractivity contribution >= 4 is 52.9 Å². The second kappa shape index (κ2) is 10.8. The number of aliphatic imine (C=N–C) groups is 1. The van der Waals surface area contributed by atoms with Gasteiger partial charge in [-0.15, -0.1) is 35.3 Å². The van der Waals surface area contributed by atoms with E-state index in [4.69, 9.17) is 16.3 Å². The van der Waals surface area contributed by atoms with Gasteiger partial charge >= 0.3 is 0 Å². The van der Waals surface area contributed by atoms with E-state index in [0.717, 1.165) is 35.5 Å². The zero-order valence-corrected chi connectivity index (χ0v) is 18.8. The summed E-state index contributed by atoms with van der Waals surface area (Å²) in [4.78, 5) is 12.0. The molecule has 0 fully saturated rings. The van der Waals surface area contributed by atoms with Crippen molar-refractivity contribution < 1.29 is 4.74 Å². The molecular weight excluding hydrogens is 471 g/mol. The van der Waals surface area contributed by atoms with E-state index in [0.29, 0.717) is 11.6 Å². The van der Waals surface area contributed by atoms with Crippen LogP contribution in [-0.4, -0.2) is 43.1 Å². The lowest BCUT2D eigenvalue weighted by atomic mass is 10.3. The summed E-state index contributed by atoms with van der Waals surface area (Å²) in [6.07, 6.45) is 0. The van der Waals surface area contributed by atoms with Crippen LogP contribution in [0.5, 0.6) is 5.75 Å². The fraction of sp³-hybridized carbons (Fsp3) is 0.412. The molecular formula is C17H24ClIN4OS. The van der Waals surface area contributed by atoms with Gasteiger partial charge in [-0.05, 0) is 38.1 Å². The average molecular weight is 495 g/mol. The number of halogens is 2. The van der Waals surface area contributed by atoms with Crippen LogP contribution < -0.4 is 10.1 Å². The quantitative estimate of drug-likeness (QED) is 0.373. The fourth-order valence-electron chi connectivity index (χ4n) is 2.22. The molecule has 1 heterocycles. The van der Waals surface area contributed by atoms with E-state index in [9.17, 15) is 0 Å². The summed E-state index contributed by atoms with van der Waals surface area (Å²) in [7, 11) is 3.77. The molecule has 0 saturated carbocycles. The molecule has 8 heteroatoms. The molecule has 2 aromatic rings. The minimum Gasteiger partial charge on any atom is -0.492 e. The summed E-state index contributed by atoms with van der Waals surface area (Å²) in [5, 5.41) is 5.16. The maximum atomic E-state index is 5.86. The third-order valence-corrected chi connectivity index (χ3v) is 4.81. The number of likely N-dealkylation sites (N-methyl/N-ethyl adjacent to an activating group) is 1. The predicted molar refractivity (Wildman–Crippen MR) is 117 cm³/mol. The Balaban J connectivity index is 0.00000312. The van der Waals surface area contributed by atoms with Crippen molar-refractivity contribution in [2.75, 3.05) is 27.2 Å². The Morgan fingerprint density at radius 1 is 1.32 bits per heavy atom. The van der Waals surface area contributed by atoms with Gasteiger partial charge in [0.15, 0.2) is 5.96 Å². The molecule has 0 atom stereocenters. The Hall–Kier alpha value is -1.06. The van der Waals surface area contributed by atoms with Crippen LogP contribution in [0.15, 0.2) is 29.3 Å². The van der Waals surface area contributed by atoms with E-state index < -0.39 is 0 Å². The van der Waals surface area contributed by atoms with E-state index in [2.05, 4.69) is 15.3 Å². The highest BCUT2D eigenvalue weighted by Crippen LogP contribution is 2.17. The summed E-state index contributed by atoms with van der Waals surface area (Å²) in [5.74, 6) is 1.65. The highest BCUT2D eigenvalue weighted by molar-refractivity contribution is 14.0. The number of hydrogen-bond donors (Lipinski definition) is 1. The number of thiazole rings is 1. The van der Waals surface area contributed by atoms with Gasteiger partial charge in [-0.3, -0.25) is 4.99 Å². The zero-order chi connectivity index (χ0) is 17.5. The van der Waals surface area contributed by atoms with Gasteiger partial charge in [-0.1, -0.05) is 11.6 Å². The second-order valence-corrected chi connectivity index (χ2v) is 7.09. The predicted octanol–water partition coefficient (Wildman–Crippen LogP) is 4.12. The molecule has 25 heavy (non-hydrogen) atoms. The molecule has 0 aliphatic carbocycles. The summed E-state index contributed by atoms with van der Waals surface area (Å²) < 4.78 is 5.72. The molecule has 2 rings (SSSR count). The molecule has 0 radical (unpaired) electrons. The van der Waals surface area contributed by atoms with Crippen LogP contribution in [0.1, 0.15) is 15.6 Å². The first-order chi connectivity index (χ1) is 11.5. The molecule has 1 aromatic carbocycles. The molecule has 0 aliphatic rings. The molecule has 0 amide bonds. The van der Waals surface area contributed by atoms with E-state index in [1.165, 1.54) is 4.88 Å². The van der Waals surface area contributed by atoms with Gasteiger partial charge in [0.25, 0.3) is 0 Å². The van der Waals surface area contributed by atoms with Crippen molar-refractivity contribution in [1.82, 2.24) is 15.2 Å². The molecule has 5 nitrogen and oxygen atoms in total. The Kier molecular flexibility index (Phi) is 9.52. The lowest BCUT2D eigenvalue weighted by Gasteiger charge is -2.22. The smallest absolute Gasteiger partial charge is 0.193 e. The lowest BCUT2D eigenvalue weighted by Crippen LogP contribution is -2.40. The van der Waals surface area contributed by atoms with E-state index in [1.54, 1.807) is 18.4 Å². The number of nitrogens with zero attached hydrogens (tertiary/aromatic N) is 3. The largest absolute Gasteiger partial charge is 0.492 e. The number of aromatic nitrogens is 1. The first-order valence-electron chi connectivity index (χ1n) is 7.72. The molecule has 0 bridgehead atoms. The molecule has 0 saturated heterocycles. The Morgan fingerprint density at radius 3 is 2.56 bits per heavy atom. The monoisotopic (exact) mass is 494 g/mol. The van der Waals surface area contributed by atoms with Crippen LogP contribution in [-0.2, 0) is 6.54 Å². The van der Waals surface area contributed by atoms with Crippen molar-refractivity contribution in [2.45, 2.75) is 20.4 Å². The lowest BCUT2D eigenvalue weighted by molar-refractivity contribution is 0.281. The summed E-state index contributed by atoms with van der Waals surface area (Å²) in [5.41, 5.74) is 1.08. The number of guanidine groups is 1. The van der Waals surface area contributed by atoms with Crippen LogP contribution in [0.4, 0.5) is 0 Å². The topological polar surface area (TPSA) is 49.8 Å². The van der Waals surface area contributed by atoms with Gasteiger partial charge in [0.05, 0.1) is 23.8 Å². The third kappa shape index (κ3) is 6.99. The molecule has 0 aliphatic heterocycles. The van der Waals surface area contributed by atoms with Crippen molar-refractivity contribution in [3.63, 3.8) is 0 Å². The summed E-state index contributed by atoms with van der Waals surface area (Å²) >= 11 is 7.58. The number of ether oxygens (including phenoxy) is 1. The second-order valence-electron chi connectivity index (χ2n) is 5.37. The Morgan fingerprint density at radius 2 is 2.00 bits per heavy atom. The minimum atomic E-state index is 0. The van der Waals surface area contributed by atoms with Gasteiger partial charge in [-0.25, -0.2) is 4.98 Å². The van der Waals surface area contributed by atoms with Gasteiger partial charge in [0.1, 0.15) is 12.4 Å². The number of aryl methyl sites for hydroxylation is 2. The Bertz CT molecular complexity index is 690. The zero-order valence-electron chi connectivity index (χ0n) is 14.9. The van der Waals surface area contributed by atoms with Crippen LogP contribution >= 0.6 is 46.9 Å². The third-order valence-electron chi connectivity index (χ3n) is 3.49. The summed E-state index contributed by atoms with van der Waals surface area (Å²) in [6, 6.07) is 7.37. The molecule has 1 N–H and O–H groups in total. The number of nitrogens with one attached hydrogen (secondary N) is 1. The van der Waals surface area contributed by atoms with Crippen molar-refractivity contribution in [1.29, 1.82) is 0 Å². The van der Waals surface area contributed by atoms with Crippen molar-refractivity contribution in [2.24, 2.45) is 4.99 Å². The van der Waals surface area contributed by atoms with Crippen molar-refractivity contribution in [3.05, 3.63) is 44.9 Å². The Labute approximate surface area is 175 Å². The normalized spacial score (nSPS) is 11.0. The summed E-state index contributed by atoms with van der Waals surface area (Å²) in [6.45, 7) is 6.08. The van der Waals surface area contributed by atoms with Crippen LogP contribution in [0, 0.1) is 13.8 Å². The molecule has 138 valence electrons. The van der Waals surface area contributed by atoms with E-state index in [1.807, 2.05) is 50.1 Å². The first kappa shape index (κ1) is 22.0. The first-order valence-corrected chi connectivity index (χ1v) is 8.92. The highest BCUT2D eigenvalue weighted by Gasteiger charge is 2.09. The maximum absolute atomic E-state index is 5.86. The van der Waals surface area contributed by atoms with E-state index in [-0.39, 0.29) is 24.0 Å². The fourth-order valence-corrected chi connectivity index (χ4v) is 3.22. The van der Waals surface area contributed by atoms with Gasteiger partial charge in [-0.2, -0.15) is 0 Å². The molecule has 1 aromatic heterocycles.